The highest BCUT2D eigenvalue weighted by Gasteiger charge is 2.48. The van der Waals surface area contributed by atoms with Crippen LogP contribution >= 0.6 is 11.8 Å². The number of nitrogens with one attached hydrogen (secondary N) is 1. The minimum atomic E-state index is -0.300. The molecule has 3 N–H and O–H groups in total. The number of thioether (sulfide) groups is 1. The molecule has 1 aromatic rings. The molecule has 18 heavy (non-hydrogen) atoms. The van der Waals surface area contributed by atoms with E-state index in [1.54, 1.807) is 17.8 Å². The van der Waals surface area contributed by atoms with Crippen LogP contribution in [0.1, 0.15) is 18.0 Å². The zero-order valence-electron chi connectivity index (χ0n) is 9.47. The quantitative estimate of drug-likeness (QED) is 0.820. The number of hydrogen-bond donors (Lipinski definition) is 2. The highest BCUT2D eigenvalue weighted by atomic mass is 32.2. The van der Waals surface area contributed by atoms with Crippen molar-refractivity contribution in [1.29, 1.82) is 0 Å². The molecule has 0 bridgehead atoms. The summed E-state index contributed by atoms with van der Waals surface area (Å²) in [6.07, 6.45) is 1.59. The lowest BCUT2D eigenvalue weighted by molar-refractivity contribution is -0.105. The first-order valence-corrected chi connectivity index (χ1v) is 6.56. The Balaban J connectivity index is 1.97. The van der Waals surface area contributed by atoms with Crippen LogP contribution in [-0.4, -0.2) is 16.8 Å². The molecule has 1 heterocycles. The molecular weight excluding hydrogens is 253 g/mol. The first kappa shape index (κ1) is 11.5. The van der Waals surface area contributed by atoms with Crippen molar-refractivity contribution in [2.75, 3.05) is 5.32 Å². The smallest absolute Gasteiger partial charge is 0.211 e. The molecule has 1 aliphatic heterocycles. The third-order valence-corrected chi connectivity index (χ3v) is 4.45. The number of nitrogens with two attached hydrogens (primary N) is 1. The highest BCUT2D eigenvalue weighted by molar-refractivity contribution is 8.14. The van der Waals surface area contributed by atoms with Crippen molar-refractivity contribution >= 4 is 29.0 Å². The van der Waals surface area contributed by atoms with E-state index < -0.39 is 0 Å². The molecule has 1 amide bonds. The SMILES string of the molecule is NC1=NC(c2cc(NC=O)ccc2F)C2CC2S1. The van der Waals surface area contributed by atoms with Gasteiger partial charge >= 0.3 is 0 Å². The summed E-state index contributed by atoms with van der Waals surface area (Å²) < 4.78 is 13.9. The van der Waals surface area contributed by atoms with Crippen LogP contribution in [0.15, 0.2) is 23.2 Å². The molecule has 4 nitrogen and oxygen atoms in total. The molecule has 1 aromatic carbocycles. The number of amidine groups is 1. The second kappa shape index (κ2) is 4.28. The summed E-state index contributed by atoms with van der Waals surface area (Å²) in [5, 5.41) is 3.51. The largest absolute Gasteiger partial charge is 0.379 e. The summed E-state index contributed by atoms with van der Waals surface area (Å²) in [6.45, 7) is 0. The Morgan fingerprint density at radius 3 is 3.17 bits per heavy atom. The van der Waals surface area contributed by atoms with Crippen molar-refractivity contribution in [2.24, 2.45) is 16.6 Å². The molecular formula is C12H12FN3OS. The summed E-state index contributed by atoms with van der Waals surface area (Å²) >= 11 is 1.57. The number of fused-ring (bicyclic) bond motifs is 1. The Hall–Kier alpha value is -1.56. The van der Waals surface area contributed by atoms with Crippen LogP contribution in [0, 0.1) is 11.7 Å². The maximum Gasteiger partial charge on any atom is 0.211 e. The van der Waals surface area contributed by atoms with E-state index in [2.05, 4.69) is 10.3 Å². The van der Waals surface area contributed by atoms with Gasteiger partial charge in [0.25, 0.3) is 0 Å². The lowest BCUT2D eigenvalue weighted by atomic mass is 10.0. The van der Waals surface area contributed by atoms with Crippen LogP contribution in [0.2, 0.25) is 0 Å². The third kappa shape index (κ3) is 1.96. The fraction of sp³-hybridized carbons (Fsp3) is 0.333. The molecule has 1 fully saturated rings. The van der Waals surface area contributed by atoms with Gasteiger partial charge in [0.15, 0.2) is 5.17 Å². The summed E-state index contributed by atoms with van der Waals surface area (Å²) in [5.74, 6) is 0.0637. The minimum absolute atomic E-state index is 0.218. The van der Waals surface area contributed by atoms with Crippen molar-refractivity contribution in [2.45, 2.75) is 17.7 Å². The van der Waals surface area contributed by atoms with Crippen LogP contribution in [0.3, 0.4) is 0 Å². The predicted molar refractivity (Wildman–Crippen MR) is 69.9 cm³/mol. The van der Waals surface area contributed by atoms with Crippen molar-refractivity contribution in [1.82, 2.24) is 0 Å². The standard InChI is InChI=1S/C12H12FN3OS/c13-9-2-1-6(15-5-17)3-7(9)11-8-4-10(8)18-12(14)16-11/h1-3,5,8,10-11H,4H2,(H2,14,16)(H,15,17). The maximum atomic E-state index is 13.9. The molecule has 0 spiro atoms. The first-order chi connectivity index (χ1) is 8.69. The van der Waals surface area contributed by atoms with Gasteiger partial charge in [-0.1, -0.05) is 11.8 Å². The summed E-state index contributed by atoms with van der Waals surface area (Å²) in [5.41, 5.74) is 6.83. The Labute approximate surface area is 108 Å². The average molecular weight is 265 g/mol. The minimum Gasteiger partial charge on any atom is -0.379 e. The molecule has 1 aliphatic carbocycles. The molecule has 2 aliphatic rings. The van der Waals surface area contributed by atoms with E-state index >= 15 is 0 Å². The zero-order chi connectivity index (χ0) is 12.7. The van der Waals surface area contributed by atoms with Crippen molar-refractivity contribution in [3.05, 3.63) is 29.6 Å². The molecule has 0 radical (unpaired) electrons. The topological polar surface area (TPSA) is 67.5 Å². The second-order valence-electron chi connectivity index (χ2n) is 4.47. The van der Waals surface area contributed by atoms with Gasteiger partial charge in [-0.05, 0) is 30.5 Å². The molecule has 94 valence electrons. The van der Waals surface area contributed by atoms with E-state index in [4.69, 9.17) is 5.73 Å². The number of carbonyl (C=O) groups excluding carboxylic acids is 1. The molecule has 6 heteroatoms. The Kier molecular flexibility index (Phi) is 2.74. The lowest BCUT2D eigenvalue weighted by Crippen LogP contribution is -2.17. The van der Waals surface area contributed by atoms with Crippen molar-refractivity contribution in [3.8, 4) is 0 Å². The first-order valence-electron chi connectivity index (χ1n) is 5.68. The molecule has 0 aromatic heterocycles. The highest BCUT2D eigenvalue weighted by Crippen LogP contribution is 2.54. The van der Waals surface area contributed by atoms with Crippen molar-refractivity contribution in [3.63, 3.8) is 0 Å². The molecule has 0 saturated heterocycles. The van der Waals surface area contributed by atoms with Gasteiger partial charge < -0.3 is 11.1 Å². The number of nitrogens with zero attached hydrogens (tertiary/aromatic N) is 1. The van der Waals surface area contributed by atoms with Gasteiger partial charge in [-0.3, -0.25) is 9.79 Å². The zero-order valence-corrected chi connectivity index (χ0v) is 10.3. The van der Waals surface area contributed by atoms with Gasteiger partial charge in [-0.2, -0.15) is 0 Å². The Morgan fingerprint density at radius 1 is 1.56 bits per heavy atom. The number of hydrogen-bond acceptors (Lipinski definition) is 4. The van der Waals surface area contributed by atoms with Crippen LogP contribution in [0.25, 0.3) is 0 Å². The van der Waals surface area contributed by atoms with Gasteiger partial charge in [-0.15, -0.1) is 0 Å². The average Bonchev–Trinajstić information content (AvgIpc) is 3.10. The number of benzene rings is 1. The Bertz CT molecular complexity index is 534. The van der Waals surface area contributed by atoms with E-state index in [1.807, 2.05) is 0 Å². The Morgan fingerprint density at radius 2 is 2.39 bits per heavy atom. The third-order valence-electron chi connectivity index (χ3n) is 3.26. The van der Waals surface area contributed by atoms with E-state index in [1.165, 1.54) is 12.1 Å². The molecule has 3 rings (SSSR count). The molecule has 1 saturated carbocycles. The van der Waals surface area contributed by atoms with E-state index in [0.29, 0.717) is 34.0 Å². The fourth-order valence-electron chi connectivity index (χ4n) is 2.30. The lowest BCUT2D eigenvalue weighted by Gasteiger charge is -2.19. The van der Waals surface area contributed by atoms with Gasteiger partial charge in [0, 0.05) is 16.5 Å². The van der Waals surface area contributed by atoms with Crippen LogP contribution in [0.5, 0.6) is 0 Å². The predicted octanol–water partition coefficient (Wildman–Crippen LogP) is 1.89. The van der Waals surface area contributed by atoms with Crippen LogP contribution in [0.4, 0.5) is 10.1 Å². The van der Waals surface area contributed by atoms with Gasteiger partial charge in [0.1, 0.15) is 5.82 Å². The number of anilines is 1. The van der Waals surface area contributed by atoms with E-state index in [9.17, 15) is 9.18 Å². The number of halogens is 1. The number of carbonyl (C=O) groups is 1. The number of amides is 1. The number of aliphatic imine (C=N–C) groups is 1. The summed E-state index contributed by atoms with van der Waals surface area (Å²) in [4.78, 5) is 14.8. The summed E-state index contributed by atoms with van der Waals surface area (Å²) in [6, 6.07) is 4.30. The monoisotopic (exact) mass is 265 g/mol. The second-order valence-corrected chi connectivity index (χ2v) is 5.73. The summed E-state index contributed by atoms with van der Waals surface area (Å²) in [7, 11) is 0. The van der Waals surface area contributed by atoms with Crippen LogP contribution < -0.4 is 11.1 Å². The molecule has 3 unspecified atom stereocenters. The van der Waals surface area contributed by atoms with Gasteiger partial charge in [0.05, 0.1) is 6.04 Å². The molecule has 3 atom stereocenters. The van der Waals surface area contributed by atoms with Crippen LogP contribution in [-0.2, 0) is 4.79 Å². The van der Waals surface area contributed by atoms with E-state index in [0.717, 1.165) is 6.42 Å². The number of rotatable bonds is 3. The van der Waals surface area contributed by atoms with E-state index in [-0.39, 0.29) is 11.9 Å². The normalized spacial score (nSPS) is 29.2. The van der Waals surface area contributed by atoms with Crippen molar-refractivity contribution < 1.29 is 9.18 Å². The fourth-order valence-corrected chi connectivity index (χ4v) is 3.43. The van der Waals surface area contributed by atoms with Gasteiger partial charge in [0.2, 0.25) is 6.41 Å². The maximum absolute atomic E-state index is 13.9. The van der Waals surface area contributed by atoms with Gasteiger partial charge in [-0.25, -0.2) is 4.39 Å².